The van der Waals surface area contributed by atoms with Crippen LogP contribution in [0, 0.1) is 0 Å². The minimum Gasteiger partial charge on any atom is -0.368 e. The number of rotatable bonds is 6. The van der Waals surface area contributed by atoms with Crippen LogP contribution >= 0.6 is 23.2 Å². The van der Waals surface area contributed by atoms with Gasteiger partial charge in [0, 0.05) is 49.4 Å². The molecule has 2 N–H and O–H groups in total. The van der Waals surface area contributed by atoms with Crippen molar-refractivity contribution < 1.29 is 9.59 Å². The number of hydrogen-bond donors (Lipinski definition) is 2. The van der Waals surface area contributed by atoms with E-state index in [0.29, 0.717) is 57.6 Å². The van der Waals surface area contributed by atoms with Crippen LogP contribution in [-0.2, 0) is 0 Å². The van der Waals surface area contributed by atoms with Crippen LogP contribution in [0.2, 0.25) is 10.0 Å². The predicted molar refractivity (Wildman–Crippen MR) is 143 cm³/mol. The molecule has 3 aromatic carbocycles. The molecule has 1 saturated heterocycles. The van der Waals surface area contributed by atoms with E-state index >= 15 is 0 Å². The van der Waals surface area contributed by atoms with Crippen molar-refractivity contribution in [3.8, 4) is 22.3 Å². The maximum absolute atomic E-state index is 13.9. The van der Waals surface area contributed by atoms with Gasteiger partial charge >= 0.3 is 0 Å². The van der Waals surface area contributed by atoms with E-state index in [9.17, 15) is 9.59 Å². The van der Waals surface area contributed by atoms with Crippen molar-refractivity contribution in [2.75, 3.05) is 37.6 Å². The molecule has 1 amide bonds. The second-order valence-corrected chi connectivity index (χ2v) is 9.68. The van der Waals surface area contributed by atoms with Gasteiger partial charge in [-0.05, 0) is 29.7 Å². The molecule has 3 aromatic rings. The summed E-state index contributed by atoms with van der Waals surface area (Å²) < 4.78 is 0. The normalized spacial score (nSPS) is 14.6. The Balaban J connectivity index is 1.82. The first kappa shape index (κ1) is 23.9. The van der Waals surface area contributed by atoms with Gasteiger partial charge in [-0.2, -0.15) is 0 Å². The molecule has 0 saturated carbocycles. The number of nitrogens with zero attached hydrogens (tertiary/aromatic N) is 1. The standard InChI is InChI=1S/C28H27Cl2N3O2/c1-2-3-11-32-28(35)21-16-20(18-9-6-10-22(29)25(18)30)23-17-7-4-5-8-19(17)27(34)24(23)26(21)33-14-12-31-13-15-33/h4-10,16,31H,2-3,11-15H2,1H3,(H,32,35). The van der Waals surface area contributed by atoms with Crippen LogP contribution in [-0.4, -0.2) is 44.4 Å². The lowest BCUT2D eigenvalue weighted by Crippen LogP contribution is -2.45. The highest BCUT2D eigenvalue weighted by atomic mass is 35.5. The Labute approximate surface area is 215 Å². The van der Waals surface area contributed by atoms with Crippen molar-refractivity contribution in [1.82, 2.24) is 10.6 Å². The number of hydrogen-bond acceptors (Lipinski definition) is 4. The van der Waals surface area contributed by atoms with Gasteiger partial charge in [-0.25, -0.2) is 0 Å². The number of ketones is 1. The first-order valence-electron chi connectivity index (χ1n) is 12.1. The van der Waals surface area contributed by atoms with Crippen LogP contribution < -0.4 is 15.5 Å². The number of fused-ring (bicyclic) bond motifs is 3. The van der Waals surface area contributed by atoms with Gasteiger partial charge in [-0.1, -0.05) is 72.9 Å². The summed E-state index contributed by atoms with van der Waals surface area (Å²) in [7, 11) is 0. The lowest BCUT2D eigenvalue weighted by Gasteiger charge is -2.33. The zero-order valence-corrected chi connectivity index (χ0v) is 21.1. The van der Waals surface area contributed by atoms with E-state index in [1.165, 1.54) is 0 Å². The fourth-order valence-electron chi connectivity index (χ4n) is 5.00. The maximum Gasteiger partial charge on any atom is 0.253 e. The minimum absolute atomic E-state index is 0.0632. The highest BCUT2D eigenvalue weighted by Gasteiger charge is 2.37. The highest BCUT2D eigenvalue weighted by molar-refractivity contribution is 6.44. The molecule has 35 heavy (non-hydrogen) atoms. The van der Waals surface area contributed by atoms with E-state index in [2.05, 4.69) is 22.5 Å². The van der Waals surface area contributed by atoms with Gasteiger partial charge in [0.05, 0.1) is 26.9 Å². The molecule has 0 radical (unpaired) electrons. The van der Waals surface area contributed by atoms with E-state index in [1.54, 1.807) is 6.07 Å². The smallest absolute Gasteiger partial charge is 0.253 e. The summed E-state index contributed by atoms with van der Waals surface area (Å²) in [6.07, 6.45) is 1.86. The SMILES string of the molecule is CCCCNC(=O)c1cc(-c2cccc(Cl)c2Cl)c2c(c1N1CCNCC1)C(=O)c1ccccc1-2. The number of halogens is 2. The van der Waals surface area contributed by atoms with Crippen molar-refractivity contribution in [1.29, 1.82) is 0 Å². The second kappa shape index (κ2) is 10.0. The molecular formula is C28H27Cl2N3O2. The summed E-state index contributed by atoms with van der Waals surface area (Å²) in [5, 5.41) is 7.25. The number of benzene rings is 3. The number of amides is 1. The molecule has 7 heteroatoms. The Morgan fingerprint density at radius 1 is 0.971 bits per heavy atom. The second-order valence-electron chi connectivity index (χ2n) is 8.89. The Kier molecular flexibility index (Phi) is 6.83. The quantitative estimate of drug-likeness (QED) is 0.323. The average Bonchev–Trinajstić information content (AvgIpc) is 3.18. The van der Waals surface area contributed by atoms with Gasteiger partial charge in [0.2, 0.25) is 0 Å². The Morgan fingerprint density at radius 3 is 2.43 bits per heavy atom. The monoisotopic (exact) mass is 507 g/mol. The first-order valence-corrected chi connectivity index (χ1v) is 12.8. The van der Waals surface area contributed by atoms with E-state index in [4.69, 9.17) is 23.2 Å². The number of anilines is 1. The van der Waals surface area contributed by atoms with Crippen LogP contribution in [0.1, 0.15) is 46.0 Å². The first-order chi connectivity index (χ1) is 17.0. The van der Waals surface area contributed by atoms with Gasteiger partial charge in [-0.15, -0.1) is 0 Å². The molecule has 1 fully saturated rings. The molecule has 5 rings (SSSR count). The molecule has 0 unspecified atom stereocenters. The third-order valence-corrected chi connectivity index (χ3v) is 7.52. The fraction of sp³-hybridized carbons (Fsp3) is 0.286. The number of piperazine rings is 1. The summed E-state index contributed by atoms with van der Waals surface area (Å²) in [6.45, 7) is 5.66. The Morgan fingerprint density at radius 2 is 1.69 bits per heavy atom. The molecule has 2 aliphatic rings. The number of nitrogens with one attached hydrogen (secondary N) is 2. The minimum atomic E-state index is -0.182. The van der Waals surface area contributed by atoms with Gasteiger partial charge in [0.15, 0.2) is 5.78 Å². The van der Waals surface area contributed by atoms with Crippen LogP contribution in [0.5, 0.6) is 0 Å². The fourth-order valence-corrected chi connectivity index (χ4v) is 5.40. The van der Waals surface area contributed by atoms with E-state index < -0.39 is 0 Å². The molecule has 1 aliphatic carbocycles. The number of carbonyl (C=O) groups excluding carboxylic acids is 2. The molecule has 0 aromatic heterocycles. The molecule has 1 heterocycles. The van der Waals surface area contributed by atoms with Crippen LogP contribution in [0.4, 0.5) is 5.69 Å². The van der Waals surface area contributed by atoms with Crippen molar-refractivity contribution in [3.05, 3.63) is 75.3 Å². The summed E-state index contributed by atoms with van der Waals surface area (Å²) in [5.74, 6) is -0.246. The molecule has 180 valence electrons. The van der Waals surface area contributed by atoms with Crippen LogP contribution in [0.25, 0.3) is 22.3 Å². The zero-order chi connectivity index (χ0) is 24.5. The summed E-state index contributed by atoms with van der Waals surface area (Å²) in [5.41, 5.74) is 5.53. The van der Waals surface area contributed by atoms with E-state index in [0.717, 1.165) is 42.6 Å². The number of unbranched alkanes of at least 4 members (excludes halogenated alkanes) is 1. The van der Waals surface area contributed by atoms with Crippen molar-refractivity contribution in [3.63, 3.8) is 0 Å². The van der Waals surface area contributed by atoms with Crippen molar-refractivity contribution in [2.24, 2.45) is 0 Å². The maximum atomic E-state index is 13.9. The van der Waals surface area contributed by atoms with Gasteiger partial charge in [-0.3, -0.25) is 9.59 Å². The van der Waals surface area contributed by atoms with Gasteiger partial charge in [0.1, 0.15) is 0 Å². The van der Waals surface area contributed by atoms with Crippen LogP contribution in [0.3, 0.4) is 0 Å². The molecule has 0 atom stereocenters. The molecule has 1 aliphatic heterocycles. The molecule has 0 bridgehead atoms. The van der Waals surface area contributed by atoms with Crippen molar-refractivity contribution >= 4 is 40.6 Å². The summed E-state index contributed by atoms with van der Waals surface area (Å²) in [4.78, 5) is 29.6. The van der Waals surface area contributed by atoms with E-state index in [1.807, 2.05) is 42.5 Å². The largest absolute Gasteiger partial charge is 0.368 e. The van der Waals surface area contributed by atoms with E-state index in [-0.39, 0.29) is 11.7 Å². The van der Waals surface area contributed by atoms with Crippen LogP contribution in [0.15, 0.2) is 48.5 Å². The Hall–Kier alpha value is -2.86. The third kappa shape index (κ3) is 4.22. The zero-order valence-electron chi connectivity index (χ0n) is 19.6. The lowest BCUT2D eigenvalue weighted by atomic mass is 9.89. The molecule has 5 nitrogen and oxygen atoms in total. The predicted octanol–water partition coefficient (Wildman–Crippen LogP) is 5.81. The summed E-state index contributed by atoms with van der Waals surface area (Å²) in [6, 6.07) is 15.0. The Bertz CT molecular complexity index is 1320. The highest BCUT2D eigenvalue weighted by Crippen LogP contribution is 2.50. The molecular weight excluding hydrogens is 481 g/mol. The lowest BCUT2D eigenvalue weighted by molar-refractivity contribution is 0.0953. The average molecular weight is 508 g/mol. The topological polar surface area (TPSA) is 61.4 Å². The van der Waals surface area contributed by atoms with Crippen molar-refractivity contribution in [2.45, 2.75) is 19.8 Å². The molecule has 0 spiro atoms. The third-order valence-electron chi connectivity index (χ3n) is 6.70. The summed E-state index contributed by atoms with van der Waals surface area (Å²) >= 11 is 13.1. The number of carbonyl (C=O) groups is 2. The van der Waals surface area contributed by atoms with Gasteiger partial charge < -0.3 is 15.5 Å². The van der Waals surface area contributed by atoms with Gasteiger partial charge in [0.25, 0.3) is 5.91 Å².